The second-order valence-corrected chi connectivity index (χ2v) is 24.2. The molecule has 2 aromatic heterocycles. The van der Waals surface area contributed by atoms with Crippen molar-refractivity contribution in [3.63, 3.8) is 0 Å². The molecule has 87 heavy (non-hydrogen) atoms. The average molecular weight is 1200 g/mol. The second kappa shape index (κ2) is 29.0. The standard InChI is InChI=1S/C65H80F2N12O8/c1-41(77(8)63(85)87-65(5,6)7)59(81)74-57(64(2,3)4)62(84)79-39-45-35-47(28-27-43(45)36-54(79)61(83)73-52-25-15-19-42-18-11-12-22-48(42)52)86-33-13-9-10-26-56(80)69-30-17-32-78-55(75-76-58(78)53-29-31-68-40-72-53)38-70-46-21-14-20-44(34-46)60(82)71-37-49-50(66)23-16-24-51(49)67/h11-12,14,16,18,20-24,27-29,31,34-35,40-41,52,54,57,70H,9-10,13,15,17,19,25-26,30,32-33,36-39H2,1-8H3,(H,69,80)(H,71,82)(H,73,83)(H,74,81)/t41-,52+,54?,57+/m0/s1. The summed E-state index contributed by atoms with van der Waals surface area (Å²) in [6, 6.07) is 22.6. The maximum Gasteiger partial charge on any atom is 0.410 e. The Morgan fingerprint density at radius 3 is 2.33 bits per heavy atom. The summed E-state index contributed by atoms with van der Waals surface area (Å²) < 4.78 is 42.0. The third-order valence-corrected chi connectivity index (χ3v) is 15.5. The fraction of sp³-hybridized carbons (Fsp3) is 0.446. The van der Waals surface area contributed by atoms with Gasteiger partial charge in [-0.3, -0.25) is 28.9 Å². The number of fused-ring (bicyclic) bond motifs is 2. The number of carbonyl (C=O) groups is 6. The van der Waals surface area contributed by atoms with E-state index in [-0.39, 0.29) is 55.0 Å². The Bertz CT molecular complexity index is 3380. The van der Waals surface area contributed by atoms with Gasteiger partial charge in [0, 0.05) is 69.1 Å². The molecule has 0 bridgehead atoms. The van der Waals surface area contributed by atoms with Gasteiger partial charge >= 0.3 is 6.09 Å². The molecule has 2 aliphatic rings. The first kappa shape index (κ1) is 64.2. The van der Waals surface area contributed by atoms with Gasteiger partial charge in [-0.25, -0.2) is 23.5 Å². The number of hydrogen-bond donors (Lipinski definition) is 5. The summed E-state index contributed by atoms with van der Waals surface area (Å²) in [5.41, 5.74) is 3.62. The zero-order chi connectivity index (χ0) is 62.4. The monoisotopic (exact) mass is 1190 g/mol. The van der Waals surface area contributed by atoms with Crippen LogP contribution in [0.4, 0.5) is 19.3 Å². The number of carbonyl (C=O) groups excluding carboxylic acids is 6. The highest BCUT2D eigenvalue weighted by molar-refractivity contribution is 5.96. The number of aromatic nitrogens is 5. The van der Waals surface area contributed by atoms with Crippen molar-refractivity contribution in [3.05, 3.63) is 154 Å². The van der Waals surface area contributed by atoms with Gasteiger partial charge in [-0.2, -0.15) is 0 Å². The number of aryl methyl sites for hydroxylation is 1. The minimum Gasteiger partial charge on any atom is -0.494 e. The lowest BCUT2D eigenvalue weighted by Gasteiger charge is -2.42. The first-order valence-corrected chi connectivity index (χ1v) is 29.7. The van der Waals surface area contributed by atoms with Gasteiger partial charge in [-0.1, -0.05) is 63.2 Å². The van der Waals surface area contributed by atoms with Crippen LogP contribution >= 0.6 is 0 Å². The van der Waals surface area contributed by atoms with E-state index in [9.17, 15) is 32.8 Å². The number of likely N-dealkylation sites (N-methyl/N-ethyl adjacent to an activating group) is 1. The predicted molar refractivity (Wildman–Crippen MR) is 324 cm³/mol. The third-order valence-electron chi connectivity index (χ3n) is 15.5. The highest BCUT2D eigenvalue weighted by Gasteiger charge is 2.44. The molecular weight excluding hydrogens is 1110 g/mol. The minimum atomic E-state index is -1.07. The molecule has 462 valence electrons. The molecule has 1 unspecified atom stereocenters. The van der Waals surface area contributed by atoms with E-state index in [0.29, 0.717) is 74.2 Å². The van der Waals surface area contributed by atoms with E-state index in [0.717, 1.165) is 54.5 Å². The first-order valence-electron chi connectivity index (χ1n) is 29.7. The topological polar surface area (TPSA) is 244 Å². The van der Waals surface area contributed by atoms with Crippen LogP contribution in [0, 0.1) is 17.0 Å². The van der Waals surface area contributed by atoms with E-state index in [1.807, 2.05) is 61.7 Å². The average Bonchev–Trinajstić information content (AvgIpc) is 2.45. The summed E-state index contributed by atoms with van der Waals surface area (Å²) in [4.78, 5) is 93.7. The van der Waals surface area contributed by atoms with Gasteiger partial charge in [0.2, 0.25) is 23.6 Å². The molecule has 6 amide bonds. The molecule has 0 saturated heterocycles. The molecule has 0 spiro atoms. The zero-order valence-corrected chi connectivity index (χ0v) is 50.9. The van der Waals surface area contributed by atoms with Gasteiger partial charge in [0.05, 0.1) is 19.2 Å². The number of halogens is 2. The molecule has 4 atom stereocenters. The van der Waals surface area contributed by atoms with Crippen LogP contribution < -0.4 is 31.3 Å². The van der Waals surface area contributed by atoms with Crippen molar-refractivity contribution in [2.45, 2.75) is 162 Å². The number of ether oxygens (including phenoxy) is 2. The van der Waals surface area contributed by atoms with E-state index in [1.54, 1.807) is 69.1 Å². The van der Waals surface area contributed by atoms with Crippen LogP contribution in [-0.2, 0) is 62.9 Å². The van der Waals surface area contributed by atoms with Gasteiger partial charge < -0.3 is 45.5 Å². The lowest BCUT2D eigenvalue weighted by molar-refractivity contribution is -0.147. The number of rotatable bonds is 24. The Balaban J connectivity index is 0.832. The van der Waals surface area contributed by atoms with Crippen molar-refractivity contribution in [2.24, 2.45) is 5.41 Å². The van der Waals surface area contributed by atoms with E-state index < -0.39 is 64.6 Å². The lowest BCUT2D eigenvalue weighted by Crippen LogP contribution is -2.62. The van der Waals surface area contributed by atoms with Gasteiger partial charge in [0.15, 0.2) is 11.6 Å². The van der Waals surface area contributed by atoms with Crippen LogP contribution in [0.5, 0.6) is 5.75 Å². The molecule has 0 saturated carbocycles. The molecule has 8 rings (SSSR count). The van der Waals surface area contributed by atoms with Gasteiger partial charge in [-0.15, -0.1) is 10.2 Å². The molecule has 0 radical (unpaired) electrons. The summed E-state index contributed by atoms with van der Waals surface area (Å²) in [6.45, 7) is 13.6. The summed E-state index contributed by atoms with van der Waals surface area (Å²) in [7, 11) is 1.48. The highest BCUT2D eigenvalue weighted by Crippen LogP contribution is 2.34. The van der Waals surface area contributed by atoms with Crippen LogP contribution in [0.1, 0.15) is 143 Å². The molecule has 4 aromatic carbocycles. The van der Waals surface area contributed by atoms with Crippen molar-refractivity contribution < 1.29 is 47.0 Å². The van der Waals surface area contributed by atoms with E-state index in [1.165, 1.54) is 29.9 Å². The smallest absolute Gasteiger partial charge is 0.410 e. The van der Waals surface area contributed by atoms with Crippen molar-refractivity contribution in [1.82, 2.24) is 55.8 Å². The van der Waals surface area contributed by atoms with Crippen LogP contribution in [-0.4, -0.2) is 114 Å². The molecule has 22 heteroatoms. The number of amides is 6. The van der Waals surface area contributed by atoms with Crippen molar-refractivity contribution in [1.29, 1.82) is 0 Å². The minimum absolute atomic E-state index is 0.0826. The maximum absolute atomic E-state index is 15.1. The Morgan fingerprint density at radius 2 is 1.59 bits per heavy atom. The second-order valence-electron chi connectivity index (χ2n) is 24.2. The van der Waals surface area contributed by atoms with E-state index in [4.69, 9.17) is 9.47 Å². The van der Waals surface area contributed by atoms with E-state index >= 15 is 4.79 Å². The summed E-state index contributed by atoms with van der Waals surface area (Å²) >= 11 is 0. The molecule has 0 fully saturated rings. The normalized spacial score (nSPS) is 15.4. The molecule has 6 aromatic rings. The SMILES string of the molecule is C[C@@H](C(=O)N[C@H](C(=O)N1Cc2cc(OCCCCCC(=O)NCCCn3c(CNc4cccc(C(=O)NCc5c(F)cccc5F)c4)nnc3-c3ccncn3)ccc2CC1C(=O)N[C@@H]1CCCc2ccccc21)C(C)(C)C)N(C)C(=O)OC(C)(C)C. The third kappa shape index (κ3) is 17.2. The predicted octanol–water partition coefficient (Wildman–Crippen LogP) is 8.93. The maximum atomic E-state index is 15.1. The van der Waals surface area contributed by atoms with Crippen LogP contribution in [0.3, 0.4) is 0 Å². The van der Waals surface area contributed by atoms with Gasteiger partial charge in [0.1, 0.15) is 53.1 Å². The number of hydrogen-bond acceptors (Lipinski definition) is 13. The number of anilines is 1. The first-order chi connectivity index (χ1) is 41.5. The van der Waals surface area contributed by atoms with Crippen molar-refractivity contribution >= 4 is 41.3 Å². The van der Waals surface area contributed by atoms with Crippen molar-refractivity contribution in [2.75, 3.05) is 25.5 Å². The van der Waals surface area contributed by atoms with Crippen LogP contribution in [0.25, 0.3) is 11.5 Å². The molecule has 1 aliphatic heterocycles. The van der Waals surface area contributed by atoms with Crippen molar-refractivity contribution in [3.8, 4) is 17.3 Å². The summed E-state index contributed by atoms with van der Waals surface area (Å²) in [5, 5.41) is 24.0. The Kier molecular flexibility index (Phi) is 21.4. The quantitative estimate of drug-likeness (QED) is 0.0356. The van der Waals surface area contributed by atoms with Gasteiger partial charge in [0.25, 0.3) is 5.91 Å². The number of nitrogens with zero attached hydrogens (tertiary/aromatic N) is 7. The summed E-state index contributed by atoms with van der Waals surface area (Å²) in [6.07, 6.45) is 8.13. The fourth-order valence-electron chi connectivity index (χ4n) is 10.6. The zero-order valence-electron chi connectivity index (χ0n) is 50.9. The Labute approximate surface area is 507 Å². The summed E-state index contributed by atoms with van der Waals surface area (Å²) in [5.74, 6) is -1.64. The highest BCUT2D eigenvalue weighted by atomic mass is 19.1. The van der Waals surface area contributed by atoms with E-state index in [2.05, 4.69) is 52.8 Å². The lowest BCUT2D eigenvalue weighted by atomic mass is 9.83. The molecule has 3 heterocycles. The molecular formula is C65H80F2N12O8. The number of nitrogens with one attached hydrogen (secondary N) is 5. The number of unbranched alkanes of at least 4 members (excludes halogenated alkanes) is 2. The molecule has 5 N–H and O–H groups in total. The molecule has 1 aliphatic carbocycles. The Hall–Kier alpha value is -8.82. The number of benzene rings is 4. The molecule has 20 nitrogen and oxygen atoms in total. The van der Waals surface area contributed by atoms with Crippen LogP contribution in [0.2, 0.25) is 0 Å². The fourth-order valence-corrected chi connectivity index (χ4v) is 10.6. The Morgan fingerprint density at radius 1 is 0.816 bits per heavy atom. The largest absolute Gasteiger partial charge is 0.494 e. The van der Waals surface area contributed by atoms with Gasteiger partial charge in [-0.05, 0) is 149 Å². The van der Waals surface area contributed by atoms with Crippen LogP contribution in [0.15, 0.2) is 104 Å².